The first-order valence-corrected chi connectivity index (χ1v) is 7.56. The van der Waals surface area contributed by atoms with Crippen LogP contribution in [0.25, 0.3) is 0 Å². The van der Waals surface area contributed by atoms with Crippen LogP contribution in [0.2, 0.25) is 0 Å². The Bertz CT molecular complexity index is 646. The molecule has 2 aromatic rings. The Morgan fingerprint density at radius 2 is 2.05 bits per heavy atom. The minimum atomic E-state index is 0.632. The lowest BCUT2D eigenvalue weighted by Gasteiger charge is -2.13. The van der Waals surface area contributed by atoms with Crippen molar-refractivity contribution in [2.24, 2.45) is 0 Å². The second kappa shape index (κ2) is 6.72. The fourth-order valence-corrected chi connectivity index (χ4v) is 2.31. The van der Waals surface area contributed by atoms with Crippen molar-refractivity contribution < 1.29 is 0 Å². The molecule has 2 N–H and O–H groups in total. The molecule has 0 atom stereocenters. The van der Waals surface area contributed by atoms with Gasteiger partial charge in [0.1, 0.15) is 0 Å². The van der Waals surface area contributed by atoms with Gasteiger partial charge in [0.05, 0.1) is 5.69 Å². The first kappa shape index (κ1) is 15.5. The van der Waals surface area contributed by atoms with E-state index in [1.807, 2.05) is 23.7 Å². The Balaban J connectivity index is 1.96. The van der Waals surface area contributed by atoms with Crippen LogP contribution in [0.5, 0.6) is 0 Å². The van der Waals surface area contributed by atoms with Crippen molar-refractivity contribution in [2.45, 2.75) is 40.8 Å². The van der Waals surface area contributed by atoms with E-state index in [1.165, 1.54) is 16.7 Å². The third-order valence-electron chi connectivity index (χ3n) is 3.66. The molecule has 0 aliphatic rings. The van der Waals surface area contributed by atoms with Crippen LogP contribution in [0.3, 0.4) is 0 Å². The summed E-state index contributed by atoms with van der Waals surface area (Å²) in [4.78, 5) is 0. The molecule has 112 valence electrons. The van der Waals surface area contributed by atoms with Gasteiger partial charge in [-0.05, 0) is 57.1 Å². The molecule has 0 unspecified atom stereocenters. The molecular formula is C16H22N4S. The lowest BCUT2D eigenvalue weighted by atomic mass is 10.1. The summed E-state index contributed by atoms with van der Waals surface area (Å²) in [6.45, 7) is 9.85. The van der Waals surface area contributed by atoms with E-state index in [0.29, 0.717) is 11.7 Å². The second-order valence-corrected chi connectivity index (χ2v) is 5.56. The van der Waals surface area contributed by atoms with Crippen molar-refractivity contribution in [2.75, 3.05) is 5.32 Å². The van der Waals surface area contributed by atoms with E-state index in [9.17, 15) is 0 Å². The molecule has 0 saturated carbocycles. The minimum absolute atomic E-state index is 0.632. The molecule has 5 heteroatoms. The number of hydrogen-bond donors (Lipinski definition) is 2. The van der Waals surface area contributed by atoms with Gasteiger partial charge in [-0.2, -0.15) is 5.10 Å². The van der Waals surface area contributed by atoms with Crippen molar-refractivity contribution in [3.05, 3.63) is 46.8 Å². The molecule has 1 heterocycles. The predicted octanol–water partition coefficient (Wildman–Crippen LogP) is 3.31. The Morgan fingerprint density at radius 1 is 1.29 bits per heavy atom. The highest BCUT2D eigenvalue weighted by molar-refractivity contribution is 7.80. The van der Waals surface area contributed by atoms with Crippen LogP contribution in [0.15, 0.2) is 24.4 Å². The zero-order valence-electron chi connectivity index (χ0n) is 13.0. The first-order valence-electron chi connectivity index (χ1n) is 7.15. The van der Waals surface area contributed by atoms with E-state index in [4.69, 9.17) is 12.2 Å². The summed E-state index contributed by atoms with van der Waals surface area (Å²) < 4.78 is 1.94. The quantitative estimate of drug-likeness (QED) is 0.850. The monoisotopic (exact) mass is 302 g/mol. The van der Waals surface area contributed by atoms with E-state index in [1.54, 1.807) is 0 Å². The van der Waals surface area contributed by atoms with Crippen LogP contribution < -0.4 is 10.6 Å². The average molecular weight is 302 g/mol. The highest BCUT2D eigenvalue weighted by atomic mass is 32.1. The number of aromatic nitrogens is 2. The maximum absolute atomic E-state index is 5.37. The van der Waals surface area contributed by atoms with Crippen molar-refractivity contribution in [1.82, 2.24) is 15.1 Å². The van der Waals surface area contributed by atoms with Gasteiger partial charge in [0, 0.05) is 30.5 Å². The van der Waals surface area contributed by atoms with Gasteiger partial charge >= 0.3 is 0 Å². The zero-order valence-corrected chi connectivity index (χ0v) is 13.8. The van der Waals surface area contributed by atoms with Gasteiger partial charge in [-0.15, -0.1) is 0 Å². The van der Waals surface area contributed by atoms with E-state index in [-0.39, 0.29) is 0 Å². The third kappa shape index (κ3) is 3.82. The summed E-state index contributed by atoms with van der Waals surface area (Å²) >= 11 is 5.37. The normalized spacial score (nSPS) is 10.5. The van der Waals surface area contributed by atoms with Crippen LogP contribution in [0, 0.1) is 20.8 Å². The summed E-state index contributed by atoms with van der Waals surface area (Å²) in [5.41, 5.74) is 5.73. The number of nitrogens with zero attached hydrogens (tertiary/aromatic N) is 2. The summed E-state index contributed by atoms with van der Waals surface area (Å²) in [7, 11) is 0. The number of aryl methyl sites for hydroxylation is 3. The Morgan fingerprint density at radius 3 is 2.71 bits per heavy atom. The highest BCUT2D eigenvalue weighted by Crippen LogP contribution is 2.17. The SMILES string of the molecule is CCn1cc(CNC(=S)Nc2cccc(C)c2C)c(C)n1. The van der Waals surface area contributed by atoms with Crippen LogP contribution in [0.4, 0.5) is 5.69 Å². The summed E-state index contributed by atoms with van der Waals surface area (Å²) in [5.74, 6) is 0. The van der Waals surface area contributed by atoms with Gasteiger partial charge in [-0.1, -0.05) is 12.1 Å². The Kier molecular flexibility index (Phi) is 4.96. The van der Waals surface area contributed by atoms with Crippen molar-refractivity contribution in [3.63, 3.8) is 0 Å². The van der Waals surface area contributed by atoms with E-state index in [0.717, 1.165) is 17.9 Å². The number of anilines is 1. The molecule has 0 aliphatic carbocycles. The summed E-state index contributed by atoms with van der Waals surface area (Å²) in [6, 6.07) is 6.17. The number of thiocarbonyl (C=S) groups is 1. The molecule has 0 radical (unpaired) electrons. The van der Waals surface area contributed by atoms with Crippen molar-refractivity contribution >= 4 is 23.0 Å². The lowest BCUT2D eigenvalue weighted by Crippen LogP contribution is -2.28. The second-order valence-electron chi connectivity index (χ2n) is 5.15. The largest absolute Gasteiger partial charge is 0.358 e. The standard InChI is InChI=1S/C16H22N4S/c1-5-20-10-14(13(4)19-20)9-17-16(21)18-15-8-6-7-11(2)12(15)3/h6-8,10H,5,9H2,1-4H3,(H2,17,18,21). The van der Waals surface area contributed by atoms with Gasteiger partial charge in [-0.25, -0.2) is 0 Å². The topological polar surface area (TPSA) is 41.9 Å². The average Bonchev–Trinajstić information content (AvgIpc) is 2.82. The van der Waals surface area contributed by atoms with Gasteiger partial charge in [0.25, 0.3) is 0 Å². The molecular weight excluding hydrogens is 280 g/mol. The van der Waals surface area contributed by atoms with Crippen LogP contribution in [-0.4, -0.2) is 14.9 Å². The summed E-state index contributed by atoms with van der Waals surface area (Å²) in [5, 5.41) is 11.6. The fraction of sp³-hybridized carbons (Fsp3) is 0.375. The van der Waals surface area contributed by atoms with Crippen LogP contribution >= 0.6 is 12.2 Å². The number of nitrogens with one attached hydrogen (secondary N) is 2. The van der Waals surface area contributed by atoms with E-state index in [2.05, 4.69) is 48.8 Å². The van der Waals surface area contributed by atoms with Crippen LogP contribution in [0.1, 0.15) is 29.3 Å². The molecule has 0 amide bonds. The smallest absolute Gasteiger partial charge is 0.171 e. The Labute approximate surface area is 131 Å². The van der Waals surface area contributed by atoms with Gasteiger partial charge in [0.2, 0.25) is 0 Å². The molecule has 1 aromatic carbocycles. The minimum Gasteiger partial charge on any atom is -0.358 e. The molecule has 1 aromatic heterocycles. The predicted molar refractivity (Wildman–Crippen MR) is 91.6 cm³/mol. The van der Waals surface area contributed by atoms with Crippen molar-refractivity contribution in [1.29, 1.82) is 0 Å². The van der Waals surface area contributed by atoms with Crippen molar-refractivity contribution in [3.8, 4) is 0 Å². The molecule has 21 heavy (non-hydrogen) atoms. The molecule has 0 aliphatic heterocycles. The third-order valence-corrected chi connectivity index (χ3v) is 3.91. The fourth-order valence-electron chi connectivity index (χ4n) is 2.12. The molecule has 0 fully saturated rings. The van der Waals surface area contributed by atoms with Gasteiger partial charge in [0.15, 0.2) is 5.11 Å². The molecule has 0 spiro atoms. The van der Waals surface area contributed by atoms with Gasteiger partial charge < -0.3 is 10.6 Å². The zero-order chi connectivity index (χ0) is 15.4. The number of benzene rings is 1. The maximum atomic E-state index is 5.37. The van der Waals surface area contributed by atoms with E-state index >= 15 is 0 Å². The first-order chi connectivity index (χ1) is 10.0. The molecule has 0 bridgehead atoms. The summed E-state index contributed by atoms with van der Waals surface area (Å²) in [6.07, 6.45) is 2.06. The number of rotatable bonds is 4. The molecule has 0 saturated heterocycles. The molecule has 4 nitrogen and oxygen atoms in total. The lowest BCUT2D eigenvalue weighted by molar-refractivity contribution is 0.653. The number of hydrogen-bond acceptors (Lipinski definition) is 2. The van der Waals surface area contributed by atoms with Crippen LogP contribution in [-0.2, 0) is 13.1 Å². The highest BCUT2D eigenvalue weighted by Gasteiger charge is 2.06. The molecule has 2 rings (SSSR count). The van der Waals surface area contributed by atoms with Gasteiger partial charge in [-0.3, -0.25) is 4.68 Å². The maximum Gasteiger partial charge on any atom is 0.171 e. The van der Waals surface area contributed by atoms with E-state index < -0.39 is 0 Å². The Hall–Kier alpha value is -1.88.